The number of amides is 2. The van der Waals surface area contributed by atoms with Crippen LogP contribution < -0.4 is 10.6 Å². The summed E-state index contributed by atoms with van der Waals surface area (Å²) in [5, 5.41) is 15.4. The zero-order valence-electron chi connectivity index (χ0n) is 14.5. The predicted molar refractivity (Wildman–Crippen MR) is 93.5 cm³/mol. The SMILES string of the molecule is CC(C)(C)C(O)CNC(=O)NCc1cccc(Cn2ccnc2)c1. The number of carbonyl (C=O) groups is 1. The molecule has 0 saturated carbocycles. The number of imidazole rings is 1. The Morgan fingerprint density at radius 2 is 2.04 bits per heavy atom. The van der Waals surface area contributed by atoms with Gasteiger partial charge in [0.05, 0.1) is 12.4 Å². The standard InChI is InChI=1S/C18H26N4O2/c1-18(2,3)16(23)11-21-17(24)20-10-14-5-4-6-15(9-14)12-22-8-7-19-13-22/h4-9,13,16,23H,10-12H2,1-3H3,(H2,20,21,24). The number of nitrogens with zero attached hydrogens (tertiary/aromatic N) is 2. The molecular weight excluding hydrogens is 304 g/mol. The van der Waals surface area contributed by atoms with Crippen LogP contribution >= 0.6 is 0 Å². The molecule has 0 bridgehead atoms. The van der Waals surface area contributed by atoms with Gasteiger partial charge < -0.3 is 20.3 Å². The molecule has 2 amide bonds. The van der Waals surface area contributed by atoms with Crippen LogP contribution in [0.5, 0.6) is 0 Å². The van der Waals surface area contributed by atoms with Crippen molar-refractivity contribution in [1.82, 2.24) is 20.2 Å². The highest BCUT2D eigenvalue weighted by molar-refractivity contribution is 5.73. The molecule has 1 unspecified atom stereocenters. The lowest BCUT2D eigenvalue weighted by Gasteiger charge is -2.25. The Morgan fingerprint density at radius 3 is 2.71 bits per heavy atom. The zero-order chi connectivity index (χ0) is 17.6. The number of rotatable bonds is 6. The molecular formula is C18H26N4O2. The van der Waals surface area contributed by atoms with Crippen LogP contribution in [0.15, 0.2) is 43.0 Å². The molecule has 24 heavy (non-hydrogen) atoms. The lowest BCUT2D eigenvalue weighted by molar-refractivity contribution is 0.0650. The Balaban J connectivity index is 1.80. The third-order valence-electron chi connectivity index (χ3n) is 3.82. The number of hydrogen-bond acceptors (Lipinski definition) is 3. The van der Waals surface area contributed by atoms with Gasteiger partial charge in [-0.05, 0) is 16.5 Å². The van der Waals surface area contributed by atoms with Crippen molar-refractivity contribution in [2.45, 2.75) is 40.0 Å². The fourth-order valence-electron chi connectivity index (χ4n) is 2.17. The molecule has 3 N–H and O–H groups in total. The van der Waals surface area contributed by atoms with E-state index in [2.05, 4.69) is 21.7 Å². The summed E-state index contributed by atoms with van der Waals surface area (Å²) in [5.41, 5.74) is 1.92. The van der Waals surface area contributed by atoms with E-state index in [9.17, 15) is 9.90 Å². The fourth-order valence-corrected chi connectivity index (χ4v) is 2.17. The second-order valence-corrected chi connectivity index (χ2v) is 7.00. The number of nitrogens with one attached hydrogen (secondary N) is 2. The third kappa shape index (κ3) is 5.70. The van der Waals surface area contributed by atoms with Crippen LogP contribution in [0.25, 0.3) is 0 Å². The number of aromatic nitrogens is 2. The molecule has 0 aliphatic carbocycles. The Morgan fingerprint density at radius 1 is 1.29 bits per heavy atom. The van der Waals surface area contributed by atoms with Gasteiger partial charge in [0.15, 0.2) is 0 Å². The molecule has 1 aromatic carbocycles. The predicted octanol–water partition coefficient (Wildman–Crippen LogP) is 2.14. The molecule has 1 aromatic heterocycles. The van der Waals surface area contributed by atoms with Crippen molar-refractivity contribution in [3.63, 3.8) is 0 Å². The highest BCUT2D eigenvalue weighted by Crippen LogP contribution is 2.18. The summed E-state index contributed by atoms with van der Waals surface area (Å²) in [5.74, 6) is 0. The molecule has 1 heterocycles. The van der Waals surface area contributed by atoms with Crippen molar-refractivity contribution in [1.29, 1.82) is 0 Å². The molecule has 2 rings (SSSR count). The van der Waals surface area contributed by atoms with E-state index in [0.717, 1.165) is 17.7 Å². The van der Waals surface area contributed by atoms with Crippen molar-refractivity contribution in [3.8, 4) is 0 Å². The van der Waals surface area contributed by atoms with Gasteiger partial charge in [0.2, 0.25) is 0 Å². The maximum absolute atomic E-state index is 11.8. The van der Waals surface area contributed by atoms with Crippen LogP contribution in [0.1, 0.15) is 31.9 Å². The van der Waals surface area contributed by atoms with Crippen LogP contribution in [0.2, 0.25) is 0 Å². The summed E-state index contributed by atoms with van der Waals surface area (Å²) in [7, 11) is 0. The Hall–Kier alpha value is -2.34. The number of hydrogen-bond donors (Lipinski definition) is 3. The average Bonchev–Trinajstić information content (AvgIpc) is 3.03. The Labute approximate surface area is 142 Å². The minimum atomic E-state index is -0.582. The molecule has 0 aliphatic rings. The van der Waals surface area contributed by atoms with Gasteiger partial charge in [-0.2, -0.15) is 0 Å². The van der Waals surface area contributed by atoms with E-state index in [0.29, 0.717) is 6.54 Å². The van der Waals surface area contributed by atoms with Gasteiger partial charge in [-0.15, -0.1) is 0 Å². The lowest BCUT2D eigenvalue weighted by Crippen LogP contribution is -2.43. The van der Waals surface area contributed by atoms with E-state index in [-0.39, 0.29) is 18.0 Å². The molecule has 2 aromatic rings. The highest BCUT2D eigenvalue weighted by atomic mass is 16.3. The van der Waals surface area contributed by atoms with Crippen molar-refractivity contribution in [3.05, 3.63) is 54.1 Å². The van der Waals surface area contributed by atoms with Crippen LogP contribution in [-0.4, -0.2) is 33.3 Å². The van der Waals surface area contributed by atoms with Gasteiger partial charge in [-0.3, -0.25) is 0 Å². The lowest BCUT2D eigenvalue weighted by atomic mass is 9.89. The second-order valence-electron chi connectivity index (χ2n) is 7.00. The fraction of sp³-hybridized carbons (Fsp3) is 0.444. The Kier molecular flexibility index (Phi) is 5.98. The van der Waals surface area contributed by atoms with Crippen LogP contribution in [-0.2, 0) is 13.1 Å². The minimum absolute atomic E-state index is 0.232. The van der Waals surface area contributed by atoms with E-state index in [1.165, 1.54) is 0 Å². The van der Waals surface area contributed by atoms with Crippen LogP contribution in [0.4, 0.5) is 4.79 Å². The first-order valence-corrected chi connectivity index (χ1v) is 8.08. The topological polar surface area (TPSA) is 79.2 Å². The molecule has 0 saturated heterocycles. The number of carbonyl (C=O) groups excluding carboxylic acids is 1. The molecule has 130 valence electrons. The van der Waals surface area contributed by atoms with Crippen LogP contribution in [0, 0.1) is 5.41 Å². The maximum Gasteiger partial charge on any atom is 0.315 e. The monoisotopic (exact) mass is 330 g/mol. The summed E-state index contributed by atoms with van der Waals surface area (Å²) >= 11 is 0. The Bertz CT molecular complexity index is 647. The van der Waals surface area contributed by atoms with Gasteiger partial charge in [-0.25, -0.2) is 9.78 Å². The second kappa shape index (κ2) is 7.97. The summed E-state index contributed by atoms with van der Waals surface area (Å²) in [6.45, 7) is 7.22. The summed E-state index contributed by atoms with van der Waals surface area (Å²) in [4.78, 5) is 15.9. The first-order chi connectivity index (χ1) is 11.3. The normalized spacial score (nSPS) is 12.7. The quantitative estimate of drug-likeness (QED) is 0.759. The van der Waals surface area contributed by atoms with Gasteiger partial charge >= 0.3 is 6.03 Å². The highest BCUT2D eigenvalue weighted by Gasteiger charge is 2.22. The average molecular weight is 330 g/mol. The molecule has 1 atom stereocenters. The van der Waals surface area contributed by atoms with Gasteiger partial charge in [0.1, 0.15) is 0 Å². The number of benzene rings is 1. The molecule has 0 fully saturated rings. The number of urea groups is 1. The summed E-state index contributed by atoms with van der Waals surface area (Å²) in [6, 6.07) is 7.78. The first-order valence-electron chi connectivity index (χ1n) is 8.08. The van der Waals surface area contributed by atoms with Gasteiger partial charge in [-0.1, -0.05) is 45.0 Å². The van der Waals surface area contributed by atoms with E-state index >= 15 is 0 Å². The van der Waals surface area contributed by atoms with E-state index < -0.39 is 6.10 Å². The van der Waals surface area contributed by atoms with Crippen LogP contribution in [0.3, 0.4) is 0 Å². The molecule has 6 nitrogen and oxygen atoms in total. The van der Waals surface area contributed by atoms with Crippen molar-refractivity contribution in [2.75, 3.05) is 6.54 Å². The van der Waals surface area contributed by atoms with E-state index in [1.54, 1.807) is 12.5 Å². The summed E-state index contributed by atoms with van der Waals surface area (Å²) in [6.07, 6.45) is 4.86. The zero-order valence-corrected chi connectivity index (χ0v) is 14.5. The van der Waals surface area contributed by atoms with Crippen molar-refractivity contribution in [2.24, 2.45) is 5.41 Å². The largest absolute Gasteiger partial charge is 0.391 e. The smallest absolute Gasteiger partial charge is 0.315 e. The molecule has 0 aliphatic heterocycles. The minimum Gasteiger partial charge on any atom is -0.391 e. The molecule has 6 heteroatoms. The van der Waals surface area contributed by atoms with E-state index in [4.69, 9.17) is 0 Å². The molecule has 0 radical (unpaired) electrons. The summed E-state index contributed by atoms with van der Waals surface area (Å²) < 4.78 is 1.99. The number of aliphatic hydroxyl groups is 1. The third-order valence-corrected chi connectivity index (χ3v) is 3.82. The first kappa shape index (κ1) is 18.0. The van der Waals surface area contributed by atoms with Gasteiger partial charge in [0.25, 0.3) is 0 Å². The van der Waals surface area contributed by atoms with E-state index in [1.807, 2.05) is 49.7 Å². The molecule has 0 spiro atoms. The van der Waals surface area contributed by atoms with Crippen molar-refractivity contribution >= 4 is 6.03 Å². The van der Waals surface area contributed by atoms with Gasteiger partial charge in [0, 0.05) is 32.0 Å². The van der Waals surface area contributed by atoms with Crippen molar-refractivity contribution < 1.29 is 9.90 Å². The maximum atomic E-state index is 11.8. The number of aliphatic hydroxyl groups excluding tert-OH is 1.